The van der Waals surface area contributed by atoms with Gasteiger partial charge in [-0.3, -0.25) is 9.59 Å². The maximum absolute atomic E-state index is 12.8. The Morgan fingerprint density at radius 2 is 1.67 bits per heavy atom. The molecule has 0 spiro atoms. The van der Waals surface area contributed by atoms with Gasteiger partial charge in [0.25, 0.3) is 5.91 Å². The van der Waals surface area contributed by atoms with Gasteiger partial charge in [-0.05, 0) is 63.1 Å². The molecule has 33 heavy (non-hydrogen) atoms. The molecule has 0 aromatic heterocycles. The summed E-state index contributed by atoms with van der Waals surface area (Å²) >= 11 is 0. The van der Waals surface area contributed by atoms with Crippen molar-refractivity contribution in [2.75, 3.05) is 31.6 Å². The summed E-state index contributed by atoms with van der Waals surface area (Å²) in [6, 6.07) is 11.2. The first-order valence-electron chi connectivity index (χ1n) is 10.9. The highest BCUT2D eigenvalue weighted by Crippen LogP contribution is 2.30. The fraction of sp³-hybridized carbons (Fsp3) is 0.391. The normalized spacial score (nSPS) is 13.3. The van der Waals surface area contributed by atoms with Crippen molar-refractivity contribution >= 4 is 27.5 Å². The van der Waals surface area contributed by atoms with Gasteiger partial charge in [0.2, 0.25) is 15.9 Å². The van der Waals surface area contributed by atoms with Crippen LogP contribution in [0.3, 0.4) is 0 Å². The van der Waals surface area contributed by atoms with Crippen LogP contribution in [0.15, 0.2) is 47.4 Å². The number of hydrogen-bond donors (Lipinski definition) is 3. The number of carbonyl (C=O) groups is 2. The van der Waals surface area contributed by atoms with Crippen LogP contribution >= 0.6 is 0 Å². The Kier molecular flexibility index (Phi) is 8.29. The van der Waals surface area contributed by atoms with Gasteiger partial charge < -0.3 is 20.1 Å². The summed E-state index contributed by atoms with van der Waals surface area (Å²) in [5.74, 6) is 0.405. The molecule has 9 nitrogen and oxygen atoms in total. The van der Waals surface area contributed by atoms with Crippen LogP contribution in [0.1, 0.15) is 37.0 Å². The van der Waals surface area contributed by atoms with Gasteiger partial charge in [-0.15, -0.1) is 0 Å². The molecule has 10 heteroatoms. The number of benzene rings is 2. The maximum Gasteiger partial charge on any atom is 0.251 e. The molecule has 2 amide bonds. The van der Waals surface area contributed by atoms with E-state index >= 15 is 0 Å². The van der Waals surface area contributed by atoms with Crippen LogP contribution in [0.5, 0.6) is 11.5 Å². The zero-order chi connectivity index (χ0) is 23.8. The second kappa shape index (κ2) is 11.2. The lowest BCUT2D eigenvalue weighted by atomic mass is 10.2. The average Bonchev–Trinajstić information content (AvgIpc) is 3.64. The second-order valence-corrected chi connectivity index (χ2v) is 9.20. The summed E-state index contributed by atoms with van der Waals surface area (Å²) in [5, 5.41) is 5.49. The zero-order valence-corrected chi connectivity index (χ0v) is 19.5. The van der Waals surface area contributed by atoms with Gasteiger partial charge in [0.15, 0.2) is 0 Å². The smallest absolute Gasteiger partial charge is 0.251 e. The summed E-state index contributed by atoms with van der Waals surface area (Å²) in [4.78, 5) is 24.1. The summed E-state index contributed by atoms with van der Waals surface area (Å²) in [5.41, 5.74) is 1.04. The quantitative estimate of drug-likeness (QED) is 0.406. The highest BCUT2D eigenvalue weighted by molar-refractivity contribution is 7.89. The first-order chi connectivity index (χ1) is 15.8. The average molecular weight is 476 g/mol. The lowest BCUT2D eigenvalue weighted by molar-refractivity contribution is -0.117. The van der Waals surface area contributed by atoms with E-state index in [0.29, 0.717) is 30.2 Å². The van der Waals surface area contributed by atoms with Gasteiger partial charge in [0.05, 0.1) is 13.2 Å². The van der Waals surface area contributed by atoms with Gasteiger partial charge >= 0.3 is 0 Å². The lowest BCUT2D eigenvalue weighted by Gasteiger charge is -2.14. The molecule has 1 fully saturated rings. The van der Waals surface area contributed by atoms with E-state index in [-0.39, 0.29) is 41.5 Å². The van der Waals surface area contributed by atoms with E-state index in [1.165, 1.54) is 6.07 Å². The molecule has 0 radical (unpaired) electrons. The van der Waals surface area contributed by atoms with E-state index in [9.17, 15) is 18.0 Å². The van der Waals surface area contributed by atoms with Crippen LogP contribution in [-0.2, 0) is 14.8 Å². The van der Waals surface area contributed by atoms with E-state index in [2.05, 4.69) is 15.4 Å². The summed E-state index contributed by atoms with van der Waals surface area (Å²) in [6.07, 6.45) is 1.84. The topological polar surface area (TPSA) is 123 Å². The van der Waals surface area contributed by atoms with Crippen LogP contribution in [0.2, 0.25) is 0 Å². The molecule has 1 aliphatic rings. The Balaban J connectivity index is 1.52. The molecule has 178 valence electrons. The molecule has 0 atom stereocenters. The number of carbonyl (C=O) groups excluding carboxylic acids is 2. The number of ether oxygens (including phenoxy) is 2. The van der Waals surface area contributed by atoms with Crippen molar-refractivity contribution in [2.45, 2.75) is 31.6 Å². The number of nitrogens with one attached hydrogen (secondary N) is 3. The third-order valence-electron chi connectivity index (χ3n) is 4.88. The number of anilines is 1. The number of hydrogen-bond acceptors (Lipinski definition) is 6. The van der Waals surface area contributed by atoms with Crippen molar-refractivity contribution in [1.82, 2.24) is 10.0 Å². The van der Waals surface area contributed by atoms with Gasteiger partial charge in [0.1, 0.15) is 16.4 Å². The molecule has 0 saturated heterocycles. The van der Waals surface area contributed by atoms with Crippen LogP contribution in [0.25, 0.3) is 0 Å². The van der Waals surface area contributed by atoms with E-state index < -0.39 is 10.0 Å². The predicted molar refractivity (Wildman–Crippen MR) is 124 cm³/mol. The van der Waals surface area contributed by atoms with E-state index in [0.717, 1.165) is 12.8 Å². The highest BCUT2D eigenvalue weighted by Gasteiger charge is 2.29. The minimum atomic E-state index is -3.88. The van der Waals surface area contributed by atoms with Crippen molar-refractivity contribution < 1.29 is 27.5 Å². The molecule has 0 bridgehead atoms. The lowest BCUT2D eigenvalue weighted by Crippen LogP contribution is -2.34. The molecular weight excluding hydrogens is 446 g/mol. The summed E-state index contributed by atoms with van der Waals surface area (Å²) < 4.78 is 38.9. The molecule has 2 aromatic carbocycles. The third kappa shape index (κ3) is 6.93. The largest absolute Gasteiger partial charge is 0.494 e. The monoisotopic (exact) mass is 475 g/mol. The number of rotatable bonds is 12. The van der Waals surface area contributed by atoms with E-state index in [4.69, 9.17) is 9.47 Å². The van der Waals surface area contributed by atoms with Crippen molar-refractivity contribution in [2.24, 2.45) is 5.92 Å². The Labute approximate surface area is 193 Å². The molecular formula is C23H29N3O6S. The van der Waals surface area contributed by atoms with E-state index in [1.54, 1.807) is 43.3 Å². The predicted octanol–water partition coefficient (Wildman–Crippen LogP) is 2.54. The molecule has 1 aliphatic carbocycles. The minimum absolute atomic E-state index is 0.00114. The number of amides is 2. The maximum atomic E-state index is 12.8. The van der Waals surface area contributed by atoms with E-state index in [1.807, 2.05) is 6.92 Å². The van der Waals surface area contributed by atoms with Gasteiger partial charge in [0, 0.05) is 36.3 Å². The van der Waals surface area contributed by atoms with Crippen molar-refractivity contribution in [3.05, 3.63) is 48.0 Å². The third-order valence-corrected chi connectivity index (χ3v) is 6.36. The highest BCUT2D eigenvalue weighted by atomic mass is 32.2. The molecule has 2 aromatic rings. The van der Waals surface area contributed by atoms with Gasteiger partial charge in [-0.25, -0.2) is 13.1 Å². The fourth-order valence-corrected chi connectivity index (χ4v) is 4.26. The standard InChI is InChI=1S/C23H29N3O6S/c1-3-31-19-11-12-20(32-4-2)21(15-19)33(29,30)25-14-13-24-22(27)16-7-9-18(10-8-16)26-23(28)17-5-6-17/h7-12,15,17,25H,3-6,13-14H2,1-2H3,(H,24,27)(H,26,28). The van der Waals surface area contributed by atoms with Crippen LogP contribution < -0.4 is 24.8 Å². The molecule has 0 aliphatic heterocycles. The second-order valence-electron chi connectivity index (χ2n) is 7.47. The Hall–Kier alpha value is -3.11. The Morgan fingerprint density at radius 1 is 0.970 bits per heavy atom. The molecule has 1 saturated carbocycles. The first-order valence-corrected chi connectivity index (χ1v) is 12.4. The SMILES string of the molecule is CCOc1ccc(OCC)c(S(=O)(=O)NCCNC(=O)c2ccc(NC(=O)C3CC3)cc2)c1. The van der Waals surface area contributed by atoms with Crippen LogP contribution in [0, 0.1) is 5.92 Å². The Morgan fingerprint density at radius 3 is 2.30 bits per heavy atom. The van der Waals surface area contributed by atoms with Crippen LogP contribution in [0.4, 0.5) is 5.69 Å². The van der Waals surface area contributed by atoms with Crippen molar-refractivity contribution in [3.8, 4) is 11.5 Å². The fourth-order valence-electron chi connectivity index (χ4n) is 3.07. The van der Waals surface area contributed by atoms with Crippen LogP contribution in [-0.4, -0.2) is 46.5 Å². The summed E-state index contributed by atoms with van der Waals surface area (Å²) in [7, 11) is -3.88. The van der Waals surface area contributed by atoms with Gasteiger partial charge in [-0.2, -0.15) is 0 Å². The zero-order valence-electron chi connectivity index (χ0n) is 18.7. The van der Waals surface area contributed by atoms with Gasteiger partial charge in [-0.1, -0.05) is 0 Å². The minimum Gasteiger partial charge on any atom is -0.494 e. The molecule has 3 rings (SSSR count). The Bertz CT molecular complexity index is 1080. The van der Waals surface area contributed by atoms with Crippen molar-refractivity contribution in [3.63, 3.8) is 0 Å². The molecule has 0 unspecified atom stereocenters. The van der Waals surface area contributed by atoms with Crippen molar-refractivity contribution in [1.29, 1.82) is 0 Å². The molecule has 3 N–H and O–H groups in total. The summed E-state index contributed by atoms with van der Waals surface area (Å²) in [6.45, 7) is 4.38. The number of sulfonamides is 1. The first kappa shape index (κ1) is 24.5. The molecule has 0 heterocycles.